The van der Waals surface area contributed by atoms with Crippen molar-refractivity contribution < 1.29 is 0 Å². The predicted molar refractivity (Wildman–Crippen MR) is 146 cm³/mol. The highest BCUT2D eigenvalue weighted by molar-refractivity contribution is 7.80. The van der Waals surface area contributed by atoms with Crippen molar-refractivity contribution in [2.75, 3.05) is 0 Å². The number of benzene rings is 4. The lowest BCUT2D eigenvalue weighted by atomic mass is 10.1. The predicted octanol–water partition coefficient (Wildman–Crippen LogP) is 6.89. The number of hydrogen-bond acceptors (Lipinski definition) is 0. The van der Waals surface area contributed by atoms with Crippen molar-refractivity contribution in [1.29, 1.82) is 0 Å². The van der Waals surface area contributed by atoms with Crippen LogP contribution in [0.4, 0.5) is 0 Å². The fourth-order valence-corrected chi connectivity index (χ4v) is 11.9. The molecular formula is C31H28P2. The van der Waals surface area contributed by atoms with Gasteiger partial charge in [-0.25, -0.2) is 0 Å². The van der Waals surface area contributed by atoms with E-state index in [1.807, 2.05) is 0 Å². The highest BCUT2D eigenvalue weighted by atomic mass is 31.1. The Bertz CT molecular complexity index is 1060. The smallest absolute Gasteiger partial charge is 0.0142 e. The number of rotatable bonds is 6. The normalized spacial score (nSPS) is 19.6. The third-order valence-electron chi connectivity index (χ3n) is 7.01. The molecule has 2 bridgehead atoms. The highest BCUT2D eigenvalue weighted by Crippen LogP contribution is 2.67. The van der Waals surface area contributed by atoms with Crippen molar-refractivity contribution in [3.8, 4) is 0 Å². The number of fused-ring (bicyclic) bond motifs is 2. The van der Waals surface area contributed by atoms with Gasteiger partial charge in [0.2, 0.25) is 0 Å². The van der Waals surface area contributed by atoms with Crippen molar-refractivity contribution in [3.05, 3.63) is 132 Å². The molecule has 33 heavy (non-hydrogen) atoms. The van der Waals surface area contributed by atoms with Crippen LogP contribution in [0, 0.1) is 11.8 Å². The van der Waals surface area contributed by atoms with Gasteiger partial charge in [0.05, 0.1) is 0 Å². The average molecular weight is 463 g/mol. The zero-order chi connectivity index (χ0) is 22.0. The van der Waals surface area contributed by atoms with Gasteiger partial charge in [0.1, 0.15) is 0 Å². The summed E-state index contributed by atoms with van der Waals surface area (Å²) in [4.78, 5) is 0. The third-order valence-corrected chi connectivity index (χ3v) is 12.6. The molecule has 0 nitrogen and oxygen atoms in total. The number of allylic oxidation sites excluding steroid dienone is 2. The van der Waals surface area contributed by atoms with Crippen LogP contribution in [0.5, 0.6) is 0 Å². The summed E-state index contributed by atoms with van der Waals surface area (Å²) >= 11 is 0. The average Bonchev–Trinajstić information content (AvgIpc) is 3.50. The molecule has 0 spiro atoms. The van der Waals surface area contributed by atoms with Gasteiger partial charge in [-0.2, -0.15) is 0 Å². The molecule has 162 valence electrons. The Morgan fingerprint density at radius 2 is 0.667 bits per heavy atom. The molecule has 2 aliphatic carbocycles. The van der Waals surface area contributed by atoms with Crippen LogP contribution in [-0.2, 0) is 0 Å². The van der Waals surface area contributed by atoms with Crippen LogP contribution in [0.1, 0.15) is 19.3 Å². The Morgan fingerprint density at radius 1 is 0.394 bits per heavy atom. The summed E-state index contributed by atoms with van der Waals surface area (Å²) in [5, 5.41) is 9.56. The molecule has 2 aliphatic rings. The Balaban J connectivity index is 1.61. The summed E-state index contributed by atoms with van der Waals surface area (Å²) in [7, 11) is -1.05. The maximum absolute atomic E-state index is 2.36. The van der Waals surface area contributed by atoms with E-state index < -0.39 is 15.8 Å². The fraction of sp³-hybridized carbons (Fsp3) is 0.161. The van der Waals surface area contributed by atoms with Gasteiger partial charge in [-0.1, -0.05) is 121 Å². The summed E-state index contributed by atoms with van der Waals surface area (Å²) < 4.78 is 0. The number of hydrogen-bond donors (Lipinski definition) is 0. The van der Waals surface area contributed by atoms with Gasteiger partial charge < -0.3 is 0 Å². The Morgan fingerprint density at radius 3 is 0.939 bits per heavy atom. The van der Waals surface area contributed by atoms with E-state index in [0.29, 0.717) is 0 Å². The first kappa shape index (κ1) is 21.0. The largest absolute Gasteiger partial charge is 0.0622 e. The summed E-state index contributed by atoms with van der Waals surface area (Å²) in [6.07, 6.45) is 4.06. The molecule has 4 aromatic rings. The van der Waals surface area contributed by atoms with Crippen molar-refractivity contribution in [2.45, 2.75) is 19.3 Å². The van der Waals surface area contributed by atoms with Gasteiger partial charge in [0, 0.05) is 0 Å². The van der Waals surface area contributed by atoms with E-state index >= 15 is 0 Å². The Labute approximate surface area is 199 Å². The van der Waals surface area contributed by atoms with Gasteiger partial charge >= 0.3 is 0 Å². The van der Waals surface area contributed by atoms with Gasteiger partial charge in [-0.05, 0) is 78.8 Å². The third kappa shape index (κ3) is 4.01. The Kier molecular flexibility index (Phi) is 5.98. The molecule has 0 N–H and O–H groups in total. The van der Waals surface area contributed by atoms with Crippen LogP contribution in [0.15, 0.2) is 132 Å². The van der Waals surface area contributed by atoms with Crippen LogP contribution < -0.4 is 21.2 Å². The highest BCUT2D eigenvalue weighted by Gasteiger charge is 2.45. The van der Waals surface area contributed by atoms with E-state index in [-0.39, 0.29) is 0 Å². The molecule has 0 radical (unpaired) electrons. The molecule has 2 atom stereocenters. The SMILES string of the molecule is c1ccc(P(C2=C(P(c3ccccc3)c3ccccc3)[C@H]3CC[C@H]2C3)c2ccccc2)cc1. The lowest BCUT2D eigenvalue weighted by molar-refractivity contribution is 0.683. The van der Waals surface area contributed by atoms with E-state index in [1.165, 1.54) is 40.5 Å². The minimum Gasteiger partial charge on any atom is -0.0622 e. The van der Waals surface area contributed by atoms with Gasteiger partial charge in [-0.3, -0.25) is 0 Å². The first-order valence-electron chi connectivity index (χ1n) is 11.9. The van der Waals surface area contributed by atoms with Crippen molar-refractivity contribution in [3.63, 3.8) is 0 Å². The molecule has 1 saturated carbocycles. The van der Waals surface area contributed by atoms with Crippen LogP contribution in [-0.4, -0.2) is 0 Å². The Hall–Kier alpha value is -2.52. The minimum atomic E-state index is -0.523. The molecule has 0 unspecified atom stereocenters. The van der Waals surface area contributed by atoms with Crippen LogP contribution in [0.3, 0.4) is 0 Å². The summed E-state index contributed by atoms with van der Waals surface area (Å²) in [6.45, 7) is 0. The molecule has 0 aromatic heterocycles. The monoisotopic (exact) mass is 462 g/mol. The zero-order valence-electron chi connectivity index (χ0n) is 18.7. The quantitative estimate of drug-likeness (QED) is 0.274. The van der Waals surface area contributed by atoms with Crippen LogP contribution in [0.2, 0.25) is 0 Å². The van der Waals surface area contributed by atoms with Gasteiger partial charge in [-0.15, -0.1) is 0 Å². The lowest BCUT2D eigenvalue weighted by Crippen LogP contribution is -2.20. The molecule has 0 amide bonds. The summed E-state index contributed by atoms with van der Waals surface area (Å²) in [6, 6.07) is 45.3. The standard InChI is InChI=1S/C31H28P2/c1-5-13-26(14-6-1)32(27-15-7-2-8-16-27)30-24-21-22-25(23-24)31(30)33(28-17-9-3-10-18-28)29-19-11-4-12-20-29/h1-20,24-25H,21-23H2/t24-,25-/m0/s1. The van der Waals surface area contributed by atoms with E-state index in [4.69, 9.17) is 0 Å². The van der Waals surface area contributed by atoms with E-state index in [9.17, 15) is 0 Å². The summed E-state index contributed by atoms with van der Waals surface area (Å²) in [5.74, 6) is 1.46. The summed E-state index contributed by atoms with van der Waals surface area (Å²) in [5.41, 5.74) is 0. The second-order valence-electron chi connectivity index (χ2n) is 8.99. The fourth-order valence-electron chi connectivity index (χ4n) is 5.65. The molecule has 0 aliphatic heterocycles. The first-order chi connectivity index (χ1) is 16.4. The maximum Gasteiger partial charge on any atom is -0.0142 e. The van der Waals surface area contributed by atoms with Crippen LogP contribution >= 0.6 is 15.8 Å². The van der Waals surface area contributed by atoms with Crippen LogP contribution in [0.25, 0.3) is 0 Å². The molecule has 0 saturated heterocycles. The lowest BCUT2D eigenvalue weighted by Gasteiger charge is -2.33. The first-order valence-corrected chi connectivity index (χ1v) is 14.6. The second-order valence-corrected chi connectivity index (χ2v) is 13.4. The van der Waals surface area contributed by atoms with E-state index in [0.717, 1.165) is 11.8 Å². The second kappa shape index (κ2) is 9.38. The van der Waals surface area contributed by atoms with Gasteiger partial charge in [0.25, 0.3) is 0 Å². The minimum absolute atomic E-state index is 0.523. The van der Waals surface area contributed by atoms with E-state index in [2.05, 4.69) is 121 Å². The van der Waals surface area contributed by atoms with Crippen molar-refractivity contribution >= 4 is 37.1 Å². The topological polar surface area (TPSA) is 0 Å². The van der Waals surface area contributed by atoms with E-state index in [1.54, 1.807) is 10.6 Å². The van der Waals surface area contributed by atoms with Crippen molar-refractivity contribution in [2.24, 2.45) is 11.8 Å². The zero-order valence-corrected chi connectivity index (χ0v) is 20.5. The molecule has 1 fully saturated rings. The molecule has 4 aromatic carbocycles. The molecule has 6 rings (SSSR count). The van der Waals surface area contributed by atoms with Gasteiger partial charge in [0.15, 0.2) is 0 Å². The van der Waals surface area contributed by atoms with Crippen molar-refractivity contribution in [1.82, 2.24) is 0 Å². The molecule has 2 heteroatoms. The molecular weight excluding hydrogens is 434 g/mol. The molecule has 0 heterocycles. The maximum atomic E-state index is 2.36.